The van der Waals surface area contributed by atoms with Crippen LogP contribution in [0.4, 0.5) is 0 Å². The Morgan fingerprint density at radius 3 is 2.08 bits per heavy atom. The second kappa shape index (κ2) is 3.84. The first kappa shape index (κ1) is 10.1. The molecule has 0 bridgehead atoms. The summed E-state index contributed by atoms with van der Waals surface area (Å²) in [6, 6.07) is 1.31. The van der Waals surface area contributed by atoms with E-state index in [1.807, 2.05) is 0 Å². The molecule has 0 unspecified atom stereocenters. The van der Waals surface area contributed by atoms with Crippen LogP contribution in [0.1, 0.15) is 5.56 Å². The summed E-state index contributed by atoms with van der Waals surface area (Å²) in [6.07, 6.45) is 1.59. The van der Waals surface area contributed by atoms with Crippen molar-refractivity contribution in [3.8, 4) is 0 Å². The molecule has 0 aliphatic carbocycles. The number of carbonyl (C=O) groups excluding carboxylic acids is 1. The third-order valence-electron chi connectivity index (χ3n) is 1.21. The maximum atomic E-state index is 10.3. The van der Waals surface area contributed by atoms with Crippen LogP contribution in [0.15, 0.2) is 6.07 Å². The van der Waals surface area contributed by atoms with Gasteiger partial charge in [0.15, 0.2) is 0 Å². The highest BCUT2D eigenvalue weighted by atomic mass is 35.5. The third-order valence-corrected chi connectivity index (χ3v) is 2.96. The first-order valence-electron chi connectivity index (χ1n) is 2.79. The Balaban J connectivity index is 3.49. The Bertz CT molecular complexity index is 335. The largest absolute Gasteiger partial charge is 0.285 e. The predicted molar refractivity (Wildman–Crippen MR) is 51.3 cm³/mol. The highest BCUT2D eigenvalue weighted by molar-refractivity contribution is 6.52. The van der Waals surface area contributed by atoms with Crippen LogP contribution in [-0.2, 0) is 4.79 Å². The summed E-state index contributed by atoms with van der Waals surface area (Å²) in [5.41, 5.74) is 0.107. The monoisotopic (exact) mass is 241 g/mol. The van der Waals surface area contributed by atoms with Gasteiger partial charge in [-0.3, -0.25) is 4.79 Å². The second-order valence-corrected chi connectivity index (χ2v) is 3.49. The highest BCUT2D eigenvalue weighted by Crippen LogP contribution is 2.37. The van der Waals surface area contributed by atoms with E-state index in [4.69, 9.17) is 46.4 Å². The number of hydrogen-bond donors (Lipinski definition) is 0. The fourth-order valence-electron chi connectivity index (χ4n) is 0.647. The van der Waals surface area contributed by atoms with Crippen LogP contribution in [0.5, 0.6) is 0 Å². The van der Waals surface area contributed by atoms with Gasteiger partial charge in [-0.15, -0.1) is 0 Å². The summed E-state index contributed by atoms with van der Waals surface area (Å²) < 4.78 is 0. The Kier molecular flexibility index (Phi) is 3.24. The van der Waals surface area contributed by atoms with Crippen molar-refractivity contribution in [2.75, 3.05) is 0 Å². The molecule has 63 valence electrons. The average molecular weight is 243 g/mol. The molecule has 1 aromatic carbocycles. The Morgan fingerprint density at radius 2 is 1.58 bits per heavy atom. The summed E-state index contributed by atoms with van der Waals surface area (Å²) >= 11 is 22.5. The van der Waals surface area contributed by atoms with E-state index in [0.717, 1.165) is 0 Å². The molecule has 0 saturated heterocycles. The van der Waals surface area contributed by atoms with E-state index in [0.29, 0.717) is 0 Å². The first-order valence-corrected chi connectivity index (χ1v) is 4.30. The van der Waals surface area contributed by atoms with E-state index < -0.39 is 0 Å². The molecule has 0 atom stereocenters. The van der Waals surface area contributed by atoms with Crippen LogP contribution in [0.3, 0.4) is 0 Å². The van der Waals surface area contributed by atoms with E-state index in [-0.39, 0.29) is 25.7 Å². The molecule has 0 aliphatic heterocycles. The lowest BCUT2D eigenvalue weighted by Crippen LogP contribution is -1.85. The molecule has 0 aromatic heterocycles. The normalized spacial score (nSPS) is 10.0. The van der Waals surface area contributed by atoms with Crippen LogP contribution in [0.2, 0.25) is 20.1 Å². The standard InChI is InChI=1S/C7HCl4O/c8-4-1-3(2-12)5(9)7(11)6(4)10/h1H. The van der Waals surface area contributed by atoms with Crippen molar-refractivity contribution < 1.29 is 4.79 Å². The van der Waals surface area contributed by atoms with Crippen LogP contribution in [0, 0.1) is 0 Å². The van der Waals surface area contributed by atoms with Crippen molar-refractivity contribution in [1.29, 1.82) is 0 Å². The summed E-state index contributed by atoms with van der Waals surface area (Å²) in [6.45, 7) is 0. The minimum absolute atomic E-state index is 0.0704. The van der Waals surface area contributed by atoms with E-state index in [9.17, 15) is 4.79 Å². The maximum absolute atomic E-state index is 10.3. The van der Waals surface area contributed by atoms with Crippen molar-refractivity contribution in [2.24, 2.45) is 0 Å². The van der Waals surface area contributed by atoms with E-state index in [2.05, 4.69) is 0 Å². The molecular formula is C7HCl4O. The molecule has 1 radical (unpaired) electrons. The van der Waals surface area contributed by atoms with Gasteiger partial charge >= 0.3 is 0 Å². The van der Waals surface area contributed by atoms with E-state index >= 15 is 0 Å². The second-order valence-electron chi connectivity index (χ2n) is 1.95. The van der Waals surface area contributed by atoms with Gasteiger partial charge in [0.1, 0.15) is 0 Å². The van der Waals surface area contributed by atoms with E-state index in [1.54, 1.807) is 6.29 Å². The highest BCUT2D eigenvalue weighted by Gasteiger charge is 2.12. The number of benzene rings is 1. The molecule has 0 spiro atoms. The smallest absolute Gasteiger partial charge is 0.235 e. The maximum Gasteiger partial charge on any atom is 0.235 e. The van der Waals surface area contributed by atoms with Gasteiger partial charge in [0.25, 0.3) is 0 Å². The minimum atomic E-state index is 0.0704. The van der Waals surface area contributed by atoms with Crippen LogP contribution < -0.4 is 0 Å². The zero-order valence-electron chi connectivity index (χ0n) is 5.50. The van der Waals surface area contributed by atoms with Gasteiger partial charge in [-0.05, 0) is 6.07 Å². The van der Waals surface area contributed by atoms with E-state index in [1.165, 1.54) is 6.07 Å². The molecule has 0 N–H and O–H groups in total. The first-order chi connectivity index (χ1) is 5.57. The van der Waals surface area contributed by atoms with Crippen molar-refractivity contribution >= 4 is 52.7 Å². The molecule has 1 nitrogen and oxygen atoms in total. The molecule has 0 fully saturated rings. The van der Waals surface area contributed by atoms with Gasteiger partial charge in [0, 0.05) is 5.56 Å². The fourth-order valence-corrected chi connectivity index (χ4v) is 1.49. The quantitative estimate of drug-likeness (QED) is 0.542. The Labute approximate surface area is 89.2 Å². The van der Waals surface area contributed by atoms with Gasteiger partial charge in [-0.1, -0.05) is 46.4 Å². The minimum Gasteiger partial charge on any atom is -0.285 e. The molecular weight excluding hydrogens is 242 g/mol. The molecule has 0 heterocycles. The zero-order valence-corrected chi connectivity index (χ0v) is 8.52. The molecule has 0 saturated carbocycles. The summed E-state index contributed by atoms with van der Waals surface area (Å²) in [4.78, 5) is 10.3. The summed E-state index contributed by atoms with van der Waals surface area (Å²) in [5, 5.41) is 0.469. The zero-order chi connectivity index (χ0) is 9.30. The summed E-state index contributed by atoms with van der Waals surface area (Å²) in [5.74, 6) is 0. The number of rotatable bonds is 1. The SMILES string of the molecule is O=[C]c1cc(Cl)c(Cl)c(Cl)c1Cl. The fraction of sp³-hybridized carbons (Fsp3) is 0. The van der Waals surface area contributed by atoms with Crippen molar-refractivity contribution in [3.05, 3.63) is 31.7 Å². The number of hydrogen-bond acceptors (Lipinski definition) is 1. The van der Waals surface area contributed by atoms with Gasteiger partial charge in [0.05, 0.1) is 20.1 Å². The lowest BCUT2D eigenvalue weighted by atomic mass is 10.2. The van der Waals surface area contributed by atoms with Crippen LogP contribution >= 0.6 is 46.4 Å². The summed E-state index contributed by atoms with van der Waals surface area (Å²) in [7, 11) is 0. The molecule has 5 heteroatoms. The van der Waals surface area contributed by atoms with Gasteiger partial charge in [-0.2, -0.15) is 0 Å². The van der Waals surface area contributed by atoms with Crippen molar-refractivity contribution in [1.82, 2.24) is 0 Å². The Morgan fingerprint density at radius 1 is 1.00 bits per heavy atom. The molecule has 1 rings (SSSR count). The molecule has 1 aromatic rings. The molecule has 0 amide bonds. The lowest BCUT2D eigenvalue weighted by molar-refractivity contribution is 0.563. The van der Waals surface area contributed by atoms with Crippen molar-refractivity contribution in [3.63, 3.8) is 0 Å². The lowest BCUT2D eigenvalue weighted by Gasteiger charge is -2.02. The molecule has 0 aliphatic rings. The van der Waals surface area contributed by atoms with Crippen LogP contribution in [-0.4, -0.2) is 6.29 Å². The van der Waals surface area contributed by atoms with Crippen molar-refractivity contribution in [2.45, 2.75) is 0 Å². The van der Waals surface area contributed by atoms with Gasteiger partial charge in [-0.25, -0.2) is 0 Å². The van der Waals surface area contributed by atoms with Crippen LogP contribution in [0.25, 0.3) is 0 Å². The Hall–Kier alpha value is 0.0500. The van der Waals surface area contributed by atoms with Gasteiger partial charge in [0.2, 0.25) is 6.29 Å². The average Bonchev–Trinajstić information content (AvgIpc) is 2.08. The predicted octanol–water partition coefficient (Wildman–Crippen LogP) is 3.76. The van der Waals surface area contributed by atoms with Gasteiger partial charge < -0.3 is 0 Å². The topological polar surface area (TPSA) is 17.1 Å². The third kappa shape index (κ3) is 1.69. The molecule has 12 heavy (non-hydrogen) atoms. The number of halogens is 4.